The number of hydrogen-bond donors (Lipinski definition) is 0. The average Bonchev–Trinajstić information content (AvgIpc) is 2.00. The van der Waals surface area contributed by atoms with Gasteiger partial charge in [0.15, 0.2) is 0 Å². The van der Waals surface area contributed by atoms with Gasteiger partial charge in [-0.05, 0) is 19.3 Å². The minimum Gasteiger partial charge on any atom is -0.377 e. The van der Waals surface area contributed by atoms with Gasteiger partial charge >= 0.3 is 0 Å². The Morgan fingerprint density at radius 3 is 3.00 bits per heavy atom. The molecule has 0 N–H and O–H groups in total. The van der Waals surface area contributed by atoms with Crippen LogP contribution < -0.4 is 0 Å². The van der Waals surface area contributed by atoms with Crippen LogP contribution in [0.5, 0.6) is 0 Å². The number of Topliss-reactive ketones (excluding diaryl/α,β-unsaturated/α-hetero) is 1. The predicted octanol–water partition coefficient (Wildman–Crippen LogP) is 1.14. The van der Waals surface area contributed by atoms with Gasteiger partial charge in [-0.2, -0.15) is 0 Å². The number of rotatable bonds is 0. The molecule has 0 amide bonds. The highest BCUT2D eigenvalue weighted by Gasteiger charge is 2.65. The summed E-state index contributed by atoms with van der Waals surface area (Å²) < 4.78 is 5.39. The van der Waals surface area contributed by atoms with Crippen LogP contribution in [0.1, 0.15) is 25.7 Å². The fraction of sp³-hybridized carbons (Fsp3) is 0.889. The second-order valence-corrected chi connectivity index (χ2v) is 4.14. The lowest BCUT2D eigenvalue weighted by atomic mass is 9.49. The highest BCUT2D eigenvalue weighted by Crippen LogP contribution is 2.61. The SMILES string of the molecule is O=C1CCCC23COC2CC13. The lowest BCUT2D eigenvalue weighted by Crippen LogP contribution is -2.69. The van der Waals surface area contributed by atoms with Gasteiger partial charge in [0.1, 0.15) is 5.78 Å². The minimum atomic E-state index is 0.356. The fourth-order valence-electron chi connectivity index (χ4n) is 2.96. The van der Waals surface area contributed by atoms with E-state index < -0.39 is 0 Å². The van der Waals surface area contributed by atoms with Gasteiger partial charge in [-0.3, -0.25) is 4.79 Å². The summed E-state index contributed by atoms with van der Waals surface area (Å²) in [6.07, 6.45) is 4.68. The van der Waals surface area contributed by atoms with Crippen molar-refractivity contribution in [2.75, 3.05) is 6.61 Å². The van der Waals surface area contributed by atoms with Crippen molar-refractivity contribution in [3.05, 3.63) is 0 Å². The second-order valence-electron chi connectivity index (χ2n) is 4.14. The molecule has 1 heterocycles. The van der Waals surface area contributed by atoms with Gasteiger partial charge in [0, 0.05) is 17.8 Å². The topological polar surface area (TPSA) is 26.3 Å². The van der Waals surface area contributed by atoms with E-state index in [0.29, 0.717) is 23.2 Å². The normalized spacial score (nSPS) is 53.6. The molecule has 3 aliphatic rings. The highest BCUT2D eigenvalue weighted by atomic mass is 16.5. The fourth-order valence-corrected chi connectivity index (χ4v) is 2.96. The Labute approximate surface area is 65.9 Å². The molecule has 0 aromatic carbocycles. The van der Waals surface area contributed by atoms with Crippen molar-refractivity contribution in [3.63, 3.8) is 0 Å². The maximum Gasteiger partial charge on any atom is 0.136 e. The first kappa shape index (κ1) is 6.18. The van der Waals surface area contributed by atoms with Crippen LogP contribution in [0.3, 0.4) is 0 Å². The van der Waals surface area contributed by atoms with E-state index >= 15 is 0 Å². The molecule has 1 aliphatic heterocycles. The van der Waals surface area contributed by atoms with Gasteiger partial charge in [-0.1, -0.05) is 0 Å². The second kappa shape index (κ2) is 1.69. The summed E-state index contributed by atoms with van der Waals surface area (Å²) in [6.45, 7) is 0.869. The summed E-state index contributed by atoms with van der Waals surface area (Å²) in [4.78, 5) is 11.4. The Balaban J connectivity index is 1.91. The van der Waals surface area contributed by atoms with E-state index in [9.17, 15) is 4.79 Å². The quantitative estimate of drug-likeness (QED) is 0.520. The van der Waals surface area contributed by atoms with Crippen LogP contribution in [0.4, 0.5) is 0 Å². The third-order valence-corrected chi connectivity index (χ3v) is 3.79. The van der Waals surface area contributed by atoms with Crippen molar-refractivity contribution < 1.29 is 9.53 Å². The minimum absolute atomic E-state index is 0.356. The zero-order chi connectivity index (χ0) is 7.47. The Kier molecular flexibility index (Phi) is 0.947. The Morgan fingerprint density at radius 2 is 2.45 bits per heavy atom. The van der Waals surface area contributed by atoms with E-state index in [1.807, 2.05) is 0 Å². The summed E-state index contributed by atoms with van der Waals surface area (Å²) in [5.74, 6) is 0.908. The van der Waals surface area contributed by atoms with E-state index in [0.717, 1.165) is 25.9 Å². The van der Waals surface area contributed by atoms with Crippen LogP contribution in [0.2, 0.25) is 0 Å². The van der Waals surface area contributed by atoms with Crippen LogP contribution >= 0.6 is 0 Å². The van der Waals surface area contributed by atoms with Crippen molar-refractivity contribution in [3.8, 4) is 0 Å². The summed E-state index contributed by atoms with van der Waals surface area (Å²) >= 11 is 0. The zero-order valence-electron chi connectivity index (χ0n) is 6.51. The van der Waals surface area contributed by atoms with E-state index in [-0.39, 0.29) is 0 Å². The maximum atomic E-state index is 11.4. The van der Waals surface area contributed by atoms with Crippen LogP contribution in [-0.4, -0.2) is 18.5 Å². The van der Waals surface area contributed by atoms with E-state index in [4.69, 9.17) is 4.74 Å². The van der Waals surface area contributed by atoms with Gasteiger partial charge in [-0.15, -0.1) is 0 Å². The highest BCUT2D eigenvalue weighted by molar-refractivity contribution is 5.84. The number of carbonyl (C=O) groups is 1. The molecular weight excluding hydrogens is 140 g/mol. The van der Waals surface area contributed by atoms with Crippen LogP contribution in [0.25, 0.3) is 0 Å². The first-order valence-corrected chi connectivity index (χ1v) is 4.47. The summed E-state index contributed by atoms with van der Waals surface area (Å²) in [6, 6.07) is 0. The van der Waals surface area contributed by atoms with Crippen LogP contribution in [0.15, 0.2) is 0 Å². The standard InChI is InChI=1S/C9H12O2/c10-7-2-1-3-9-5-11-8(9)4-6(7)9/h6,8H,1-5H2. The molecular formula is C9H12O2. The van der Waals surface area contributed by atoms with Gasteiger partial charge in [-0.25, -0.2) is 0 Å². The Bertz CT molecular complexity index is 224. The van der Waals surface area contributed by atoms with Crippen molar-refractivity contribution in [1.29, 1.82) is 0 Å². The molecule has 3 atom stereocenters. The number of hydrogen-bond acceptors (Lipinski definition) is 2. The largest absolute Gasteiger partial charge is 0.377 e. The monoisotopic (exact) mass is 152 g/mol. The van der Waals surface area contributed by atoms with Crippen molar-refractivity contribution >= 4 is 5.78 Å². The van der Waals surface area contributed by atoms with Crippen molar-refractivity contribution in [2.45, 2.75) is 31.8 Å². The van der Waals surface area contributed by atoms with Crippen LogP contribution in [0, 0.1) is 11.3 Å². The lowest BCUT2D eigenvalue weighted by Gasteiger charge is -2.64. The Morgan fingerprint density at radius 1 is 1.55 bits per heavy atom. The van der Waals surface area contributed by atoms with E-state index in [1.54, 1.807) is 0 Å². The third-order valence-electron chi connectivity index (χ3n) is 3.79. The first-order valence-electron chi connectivity index (χ1n) is 4.47. The predicted molar refractivity (Wildman–Crippen MR) is 39.1 cm³/mol. The molecule has 0 aromatic rings. The third kappa shape index (κ3) is 0.527. The summed E-state index contributed by atoms with van der Waals surface area (Å²) in [5.41, 5.74) is 0.356. The first-order chi connectivity index (χ1) is 5.33. The summed E-state index contributed by atoms with van der Waals surface area (Å²) in [7, 11) is 0. The molecule has 2 saturated carbocycles. The molecule has 2 heteroatoms. The molecule has 3 rings (SSSR count). The number of ketones is 1. The van der Waals surface area contributed by atoms with Gasteiger partial charge in [0.25, 0.3) is 0 Å². The lowest BCUT2D eigenvalue weighted by molar-refractivity contribution is -0.287. The molecule has 1 spiro atoms. The van der Waals surface area contributed by atoms with Gasteiger partial charge in [0.05, 0.1) is 12.7 Å². The summed E-state index contributed by atoms with van der Waals surface area (Å²) in [5, 5.41) is 0. The molecule has 0 radical (unpaired) electrons. The van der Waals surface area contributed by atoms with Crippen molar-refractivity contribution in [1.82, 2.24) is 0 Å². The van der Waals surface area contributed by atoms with E-state index in [1.165, 1.54) is 6.42 Å². The smallest absolute Gasteiger partial charge is 0.136 e. The molecule has 11 heavy (non-hydrogen) atoms. The molecule has 2 nitrogen and oxygen atoms in total. The molecule has 2 aliphatic carbocycles. The van der Waals surface area contributed by atoms with E-state index in [2.05, 4.69) is 0 Å². The molecule has 60 valence electrons. The zero-order valence-corrected chi connectivity index (χ0v) is 6.51. The van der Waals surface area contributed by atoms with Gasteiger partial charge in [0.2, 0.25) is 0 Å². The molecule has 3 unspecified atom stereocenters. The number of ether oxygens (including phenoxy) is 1. The van der Waals surface area contributed by atoms with Gasteiger partial charge < -0.3 is 4.74 Å². The Hall–Kier alpha value is -0.370. The molecule has 0 aromatic heterocycles. The van der Waals surface area contributed by atoms with Crippen LogP contribution in [-0.2, 0) is 9.53 Å². The number of carbonyl (C=O) groups excluding carboxylic acids is 1. The average molecular weight is 152 g/mol. The molecule has 0 bridgehead atoms. The molecule has 1 saturated heterocycles. The maximum absolute atomic E-state index is 11.4. The molecule has 3 fully saturated rings. The van der Waals surface area contributed by atoms with Crippen molar-refractivity contribution in [2.24, 2.45) is 11.3 Å².